The van der Waals surface area contributed by atoms with Crippen molar-refractivity contribution in [2.24, 2.45) is 0 Å². The lowest BCUT2D eigenvalue weighted by Gasteiger charge is -2.31. The fraction of sp³-hybridized carbons (Fsp3) is 0.316. The van der Waals surface area contributed by atoms with Crippen LogP contribution in [-0.4, -0.2) is 27.5 Å². The van der Waals surface area contributed by atoms with E-state index in [1.807, 2.05) is 6.92 Å². The van der Waals surface area contributed by atoms with E-state index >= 15 is 0 Å². The van der Waals surface area contributed by atoms with Crippen LogP contribution in [0.25, 0.3) is 0 Å². The van der Waals surface area contributed by atoms with Gasteiger partial charge >= 0.3 is 5.97 Å². The van der Waals surface area contributed by atoms with Gasteiger partial charge in [-0.1, -0.05) is 25.5 Å². The molecule has 0 fully saturated rings. The highest BCUT2D eigenvalue weighted by atomic mass is 16.6. The van der Waals surface area contributed by atoms with Gasteiger partial charge in [0.1, 0.15) is 11.6 Å². The van der Waals surface area contributed by atoms with Gasteiger partial charge in [0.15, 0.2) is 0 Å². The van der Waals surface area contributed by atoms with Gasteiger partial charge < -0.3 is 21.5 Å². The first-order chi connectivity index (χ1) is 13.9. The zero-order valence-electron chi connectivity index (χ0n) is 16.1. The minimum absolute atomic E-state index is 0.0121. The van der Waals surface area contributed by atoms with E-state index in [0.29, 0.717) is 34.6 Å². The number of rotatable bonds is 6. The summed E-state index contributed by atoms with van der Waals surface area (Å²) in [5.74, 6) is -0.798. The molecule has 1 aromatic carbocycles. The van der Waals surface area contributed by atoms with Crippen LogP contribution < -0.4 is 16.8 Å². The Bertz CT molecular complexity index is 1000. The Morgan fingerprint density at radius 1 is 1.31 bits per heavy atom. The van der Waals surface area contributed by atoms with Crippen LogP contribution in [0.2, 0.25) is 0 Å². The molecular weight excluding hydrogens is 376 g/mol. The number of ether oxygens (including phenoxy) is 1. The number of nitro benzene ring substituents is 1. The van der Waals surface area contributed by atoms with Crippen molar-refractivity contribution in [1.29, 1.82) is 0 Å². The van der Waals surface area contributed by atoms with E-state index in [2.05, 4.69) is 15.3 Å². The second-order valence-corrected chi connectivity index (χ2v) is 6.50. The molecule has 29 heavy (non-hydrogen) atoms. The molecule has 0 aliphatic carbocycles. The SMILES string of the molecule is CCCC1=C(C(=O)OCC)C(c2cccc([N+](=O)[O-])c2)c2c(N)nc(N)nc2N1. The standard InChI is InChI=1S/C19H22N6O4/c1-3-6-12-14(18(26)29-4-2)13(10-7-5-8-11(9-10)25(27)28)15-16(20)23-19(21)24-17(15)22-12/h5,7-9,13H,3-4,6H2,1-2H3,(H5,20,21,22,23,24). The van der Waals surface area contributed by atoms with Gasteiger partial charge in [-0.2, -0.15) is 9.97 Å². The van der Waals surface area contributed by atoms with Crippen LogP contribution in [0.5, 0.6) is 0 Å². The van der Waals surface area contributed by atoms with E-state index in [0.717, 1.165) is 6.42 Å². The van der Waals surface area contributed by atoms with Crippen LogP contribution in [-0.2, 0) is 9.53 Å². The van der Waals surface area contributed by atoms with E-state index in [1.165, 1.54) is 12.1 Å². The van der Waals surface area contributed by atoms with Gasteiger partial charge in [-0.15, -0.1) is 0 Å². The summed E-state index contributed by atoms with van der Waals surface area (Å²) in [5.41, 5.74) is 13.7. The van der Waals surface area contributed by atoms with E-state index in [1.54, 1.807) is 19.1 Å². The molecule has 0 saturated heterocycles. The topological polar surface area (TPSA) is 159 Å². The van der Waals surface area contributed by atoms with Crippen LogP contribution in [0.1, 0.15) is 43.7 Å². The number of hydrogen-bond donors (Lipinski definition) is 3. The molecular formula is C19H22N6O4. The Balaban J connectivity index is 2.30. The predicted octanol–water partition coefficient (Wildman–Crippen LogP) is 2.72. The fourth-order valence-electron chi connectivity index (χ4n) is 3.46. The van der Waals surface area contributed by atoms with Crippen LogP contribution in [0.4, 0.5) is 23.3 Å². The van der Waals surface area contributed by atoms with Crippen LogP contribution in [0, 0.1) is 10.1 Å². The second-order valence-electron chi connectivity index (χ2n) is 6.50. The number of fused-ring (bicyclic) bond motifs is 1. The first-order valence-corrected chi connectivity index (χ1v) is 9.21. The summed E-state index contributed by atoms with van der Waals surface area (Å²) in [5, 5.41) is 14.4. The molecule has 0 saturated carbocycles. The van der Waals surface area contributed by atoms with Gasteiger partial charge in [0, 0.05) is 23.4 Å². The lowest BCUT2D eigenvalue weighted by atomic mass is 9.81. The number of non-ortho nitro benzene ring substituents is 1. The number of nitrogens with one attached hydrogen (secondary N) is 1. The highest BCUT2D eigenvalue weighted by Gasteiger charge is 2.37. The number of anilines is 3. The molecule has 0 spiro atoms. The third-order valence-corrected chi connectivity index (χ3v) is 4.57. The number of aromatic nitrogens is 2. The fourth-order valence-corrected chi connectivity index (χ4v) is 3.46. The number of nitrogens with zero attached hydrogens (tertiary/aromatic N) is 3. The van der Waals surface area contributed by atoms with Gasteiger partial charge in [-0.3, -0.25) is 10.1 Å². The number of nitrogen functional groups attached to an aromatic ring is 2. The van der Waals surface area contributed by atoms with Gasteiger partial charge in [0.2, 0.25) is 5.95 Å². The molecule has 3 rings (SSSR count). The van der Waals surface area contributed by atoms with Crippen molar-refractivity contribution < 1.29 is 14.5 Å². The molecule has 152 valence electrons. The maximum Gasteiger partial charge on any atom is 0.336 e. The normalized spacial score (nSPS) is 15.4. The van der Waals surface area contributed by atoms with Crippen molar-refractivity contribution in [3.8, 4) is 0 Å². The number of allylic oxidation sites excluding steroid dienone is 1. The lowest BCUT2D eigenvalue weighted by Crippen LogP contribution is -2.27. The molecule has 5 N–H and O–H groups in total. The number of esters is 1. The summed E-state index contributed by atoms with van der Waals surface area (Å²) >= 11 is 0. The van der Waals surface area contributed by atoms with E-state index in [9.17, 15) is 14.9 Å². The molecule has 1 aliphatic heterocycles. The largest absolute Gasteiger partial charge is 0.463 e. The molecule has 1 aliphatic rings. The first-order valence-electron chi connectivity index (χ1n) is 9.21. The molecule has 1 atom stereocenters. The number of nitrogens with two attached hydrogens (primary N) is 2. The van der Waals surface area contributed by atoms with Crippen molar-refractivity contribution in [2.45, 2.75) is 32.6 Å². The minimum Gasteiger partial charge on any atom is -0.463 e. The summed E-state index contributed by atoms with van der Waals surface area (Å²) in [6.07, 6.45) is 1.29. The predicted molar refractivity (Wildman–Crippen MR) is 108 cm³/mol. The van der Waals surface area contributed by atoms with Gasteiger partial charge in [0.25, 0.3) is 5.69 Å². The highest BCUT2D eigenvalue weighted by molar-refractivity contribution is 5.95. The molecule has 0 amide bonds. The van der Waals surface area contributed by atoms with Gasteiger partial charge in [-0.05, 0) is 18.9 Å². The molecule has 2 aromatic rings. The summed E-state index contributed by atoms with van der Waals surface area (Å²) in [7, 11) is 0. The maximum absolute atomic E-state index is 12.9. The quantitative estimate of drug-likeness (QED) is 0.377. The summed E-state index contributed by atoms with van der Waals surface area (Å²) < 4.78 is 5.29. The molecule has 10 nitrogen and oxygen atoms in total. The van der Waals surface area contributed by atoms with Crippen molar-refractivity contribution >= 4 is 29.2 Å². The Morgan fingerprint density at radius 2 is 2.07 bits per heavy atom. The van der Waals surface area contributed by atoms with Crippen molar-refractivity contribution in [1.82, 2.24) is 9.97 Å². The van der Waals surface area contributed by atoms with E-state index in [4.69, 9.17) is 16.2 Å². The number of hydrogen-bond acceptors (Lipinski definition) is 9. The van der Waals surface area contributed by atoms with Gasteiger partial charge in [0.05, 0.1) is 23.0 Å². The van der Waals surface area contributed by atoms with E-state index in [-0.39, 0.29) is 24.1 Å². The Morgan fingerprint density at radius 3 is 2.72 bits per heavy atom. The van der Waals surface area contributed by atoms with Gasteiger partial charge in [-0.25, -0.2) is 4.79 Å². The number of benzene rings is 1. The Hall–Kier alpha value is -3.69. The molecule has 1 aromatic heterocycles. The lowest BCUT2D eigenvalue weighted by molar-refractivity contribution is -0.384. The van der Waals surface area contributed by atoms with Crippen molar-refractivity contribution in [2.75, 3.05) is 23.4 Å². The van der Waals surface area contributed by atoms with Crippen LogP contribution >= 0.6 is 0 Å². The molecule has 1 unspecified atom stereocenters. The first kappa shape index (κ1) is 20.1. The minimum atomic E-state index is -0.729. The Labute approximate surface area is 167 Å². The summed E-state index contributed by atoms with van der Waals surface area (Å²) in [4.78, 5) is 32.0. The molecule has 10 heteroatoms. The van der Waals surface area contributed by atoms with Crippen LogP contribution in [0.15, 0.2) is 35.5 Å². The molecule has 0 bridgehead atoms. The zero-order valence-corrected chi connectivity index (χ0v) is 16.1. The molecule has 0 radical (unpaired) electrons. The zero-order chi connectivity index (χ0) is 21.1. The van der Waals surface area contributed by atoms with Crippen LogP contribution in [0.3, 0.4) is 0 Å². The number of nitro groups is 1. The second kappa shape index (κ2) is 8.13. The average molecular weight is 398 g/mol. The summed E-state index contributed by atoms with van der Waals surface area (Å²) in [6.45, 7) is 3.87. The van der Waals surface area contributed by atoms with E-state index < -0.39 is 16.8 Å². The third kappa shape index (κ3) is 3.82. The third-order valence-electron chi connectivity index (χ3n) is 4.57. The monoisotopic (exact) mass is 398 g/mol. The van der Waals surface area contributed by atoms with Crippen molar-refractivity contribution in [3.63, 3.8) is 0 Å². The number of carbonyl (C=O) groups is 1. The smallest absolute Gasteiger partial charge is 0.336 e. The highest BCUT2D eigenvalue weighted by Crippen LogP contribution is 2.45. The number of carbonyl (C=O) groups excluding carboxylic acids is 1. The van der Waals surface area contributed by atoms with Crippen molar-refractivity contribution in [3.05, 3.63) is 56.8 Å². The summed E-state index contributed by atoms with van der Waals surface area (Å²) in [6, 6.07) is 6.06. The average Bonchev–Trinajstić information content (AvgIpc) is 2.67. The Kier molecular flexibility index (Phi) is 5.62. The molecule has 2 heterocycles. The maximum atomic E-state index is 12.9.